The van der Waals surface area contributed by atoms with Gasteiger partial charge in [-0.05, 0) is 60.9 Å². The second-order valence-corrected chi connectivity index (χ2v) is 11.0. The topological polar surface area (TPSA) is 98.4 Å². The minimum atomic E-state index is -3.83. The zero-order valence-electron chi connectivity index (χ0n) is 20.9. The van der Waals surface area contributed by atoms with Crippen LogP contribution in [-0.4, -0.2) is 55.4 Å². The zero-order chi connectivity index (χ0) is 25.8. The second kappa shape index (κ2) is 10.6. The molecule has 0 atom stereocenters. The van der Waals surface area contributed by atoms with E-state index >= 15 is 0 Å². The molecule has 9 heteroatoms. The fourth-order valence-electron chi connectivity index (χ4n) is 4.69. The van der Waals surface area contributed by atoms with E-state index in [0.717, 1.165) is 36.0 Å². The van der Waals surface area contributed by atoms with E-state index < -0.39 is 10.0 Å². The molecule has 0 bridgehead atoms. The molecule has 1 aliphatic heterocycles. The minimum absolute atomic E-state index is 0.0682. The van der Waals surface area contributed by atoms with Gasteiger partial charge in [-0.3, -0.25) is 9.52 Å². The van der Waals surface area contributed by atoms with Gasteiger partial charge >= 0.3 is 0 Å². The number of sulfonamides is 1. The first kappa shape index (κ1) is 24.8. The molecule has 3 heterocycles. The van der Waals surface area contributed by atoms with Gasteiger partial charge in [0.15, 0.2) is 0 Å². The standard InChI is InChI=1S/C28H31N5O3S/c1-2-3-5-21-8-10-23(11-9-21)31-37(35,36)24-7-4-6-22(20-24)28(34)33-18-16-32(17-19-33)26-13-15-30-27-25(26)12-14-29-27/h4,6-15,20,31H,2-3,5,16-19H2,1H3,(H,29,30). The minimum Gasteiger partial charge on any atom is -0.367 e. The molecule has 0 saturated carbocycles. The van der Waals surface area contributed by atoms with Crippen molar-refractivity contribution >= 4 is 38.3 Å². The third-order valence-electron chi connectivity index (χ3n) is 6.76. The Balaban J connectivity index is 1.25. The highest BCUT2D eigenvalue weighted by Crippen LogP contribution is 2.26. The van der Waals surface area contributed by atoms with Gasteiger partial charge in [-0.15, -0.1) is 0 Å². The summed E-state index contributed by atoms with van der Waals surface area (Å²) in [5.74, 6) is -0.168. The number of hydrogen-bond acceptors (Lipinski definition) is 5. The summed E-state index contributed by atoms with van der Waals surface area (Å²) in [6.45, 7) is 4.61. The Morgan fingerprint density at radius 2 is 1.81 bits per heavy atom. The number of H-pyrrole nitrogens is 1. The first-order valence-electron chi connectivity index (χ1n) is 12.6. The maximum absolute atomic E-state index is 13.3. The highest BCUT2D eigenvalue weighted by molar-refractivity contribution is 7.92. The van der Waals surface area contributed by atoms with Crippen molar-refractivity contribution in [2.75, 3.05) is 35.8 Å². The van der Waals surface area contributed by atoms with Crippen molar-refractivity contribution in [1.29, 1.82) is 0 Å². The van der Waals surface area contributed by atoms with Crippen LogP contribution < -0.4 is 9.62 Å². The number of amides is 1. The lowest BCUT2D eigenvalue weighted by Gasteiger charge is -2.36. The Hall–Kier alpha value is -3.85. The molecule has 2 N–H and O–H groups in total. The van der Waals surface area contributed by atoms with E-state index in [-0.39, 0.29) is 10.8 Å². The smallest absolute Gasteiger partial charge is 0.261 e. The van der Waals surface area contributed by atoms with Gasteiger partial charge in [0.2, 0.25) is 0 Å². The highest BCUT2D eigenvalue weighted by atomic mass is 32.2. The van der Waals surface area contributed by atoms with Crippen molar-refractivity contribution in [2.45, 2.75) is 31.1 Å². The Kier molecular flexibility index (Phi) is 7.14. The van der Waals surface area contributed by atoms with Crippen molar-refractivity contribution < 1.29 is 13.2 Å². The largest absolute Gasteiger partial charge is 0.367 e. The lowest BCUT2D eigenvalue weighted by Crippen LogP contribution is -2.48. The normalized spacial score (nSPS) is 14.2. The van der Waals surface area contributed by atoms with Crippen molar-refractivity contribution in [3.05, 3.63) is 84.2 Å². The second-order valence-electron chi connectivity index (χ2n) is 9.28. The Bertz CT molecular complexity index is 1490. The zero-order valence-corrected chi connectivity index (χ0v) is 21.7. The number of carbonyl (C=O) groups excluding carboxylic acids is 1. The van der Waals surface area contributed by atoms with Crippen LogP contribution in [0, 0.1) is 0 Å². The fourth-order valence-corrected chi connectivity index (χ4v) is 5.79. The van der Waals surface area contributed by atoms with E-state index in [4.69, 9.17) is 0 Å². The monoisotopic (exact) mass is 517 g/mol. The molecule has 1 aliphatic rings. The van der Waals surface area contributed by atoms with Gasteiger partial charge in [-0.1, -0.05) is 31.5 Å². The van der Waals surface area contributed by atoms with Crippen LogP contribution in [0.5, 0.6) is 0 Å². The number of aryl methyl sites for hydroxylation is 1. The summed E-state index contributed by atoms with van der Waals surface area (Å²) in [5.41, 5.74) is 3.98. The van der Waals surface area contributed by atoms with Crippen molar-refractivity contribution in [3.8, 4) is 0 Å². The molecule has 4 aromatic rings. The van der Waals surface area contributed by atoms with Crippen molar-refractivity contribution in [1.82, 2.24) is 14.9 Å². The van der Waals surface area contributed by atoms with Crippen LogP contribution >= 0.6 is 0 Å². The molecule has 1 amide bonds. The van der Waals surface area contributed by atoms with Crippen LogP contribution in [0.15, 0.2) is 78.0 Å². The van der Waals surface area contributed by atoms with E-state index in [2.05, 4.69) is 26.5 Å². The summed E-state index contributed by atoms with van der Waals surface area (Å²) in [5, 5.41) is 1.06. The van der Waals surface area contributed by atoms with Gasteiger partial charge in [0.05, 0.1) is 4.90 Å². The molecular formula is C28H31N5O3S. The Morgan fingerprint density at radius 1 is 1.03 bits per heavy atom. The Morgan fingerprint density at radius 3 is 2.57 bits per heavy atom. The van der Waals surface area contributed by atoms with Crippen molar-refractivity contribution in [3.63, 3.8) is 0 Å². The number of fused-ring (bicyclic) bond motifs is 1. The average Bonchev–Trinajstić information content (AvgIpc) is 3.42. The number of pyridine rings is 1. The lowest BCUT2D eigenvalue weighted by atomic mass is 10.1. The third kappa shape index (κ3) is 5.46. The van der Waals surface area contributed by atoms with Gasteiger partial charge in [0.1, 0.15) is 5.65 Å². The summed E-state index contributed by atoms with van der Waals surface area (Å²) in [4.78, 5) is 24.8. The predicted octanol–water partition coefficient (Wildman–Crippen LogP) is 4.67. The lowest BCUT2D eigenvalue weighted by molar-refractivity contribution is 0.0746. The van der Waals surface area contributed by atoms with Gasteiger partial charge in [-0.2, -0.15) is 0 Å². The predicted molar refractivity (Wildman–Crippen MR) is 147 cm³/mol. The molecule has 0 unspecified atom stereocenters. The van der Waals surface area contributed by atoms with Gasteiger partial charge in [0.25, 0.3) is 15.9 Å². The summed E-state index contributed by atoms with van der Waals surface area (Å²) in [6, 6.07) is 17.7. The van der Waals surface area contributed by atoms with Crippen molar-refractivity contribution in [2.24, 2.45) is 0 Å². The molecule has 37 heavy (non-hydrogen) atoms. The first-order chi connectivity index (χ1) is 17.9. The molecular weight excluding hydrogens is 486 g/mol. The van der Waals surface area contributed by atoms with Crippen LogP contribution in [0.3, 0.4) is 0 Å². The number of rotatable bonds is 8. The van der Waals surface area contributed by atoms with E-state index in [9.17, 15) is 13.2 Å². The van der Waals surface area contributed by atoms with E-state index in [0.29, 0.717) is 37.4 Å². The summed E-state index contributed by atoms with van der Waals surface area (Å²) in [6.07, 6.45) is 6.84. The molecule has 1 saturated heterocycles. The van der Waals surface area contributed by atoms with Crippen LogP contribution in [0.25, 0.3) is 11.0 Å². The fraction of sp³-hybridized carbons (Fsp3) is 0.286. The van der Waals surface area contributed by atoms with Gasteiger partial charge < -0.3 is 14.8 Å². The van der Waals surface area contributed by atoms with Crippen LogP contribution in [-0.2, 0) is 16.4 Å². The number of benzene rings is 2. The number of hydrogen-bond donors (Lipinski definition) is 2. The molecule has 2 aromatic heterocycles. The van der Waals surface area contributed by atoms with Crippen LogP contribution in [0.2, 0.25) is 0 Å². The molecule has 1 fully saturated rings. The van der Waals surface area contributed by atoms with Crippen LogP contribution in [0.4, 0.5) is 11.4 Å². The molecule has 0 aliphatic carbocycles. The van der Waals surface area contributed by atoms with E-state index in [1.165, 1.54) is 17.7 Å². The number of nitrogens with zero attached hydrogens (tertiary/aromatic N) is 3. The number of piperazine rings is 1. The quantitative estimate of drug-likeness (QED) is 0.354. The highest BCUT2D eigenvalue weighted by Gasteiger charge is 2.25. The summed E-state index contributed by atoms with van der Waals surface area (Å²) < 4.78 is 28.7. The maximum atomic E-state index is 13.3. The molecule has 192 valence electrons. The third-order valence-corrected chi connectivity index (χ3v) is 8.14. The number of carbonyl (C=O) groups is 1. The maximum Gasteiger partial charge on any atom is 0.261 e. The number of aromatic nitrogens is 2. The number of unbranched alkanes of at least 4 members (excludes halogenated alkanes) is 1. The van der Waals surface area contributed by atoms with Gasteiger partial charge in [-0.25, -0.2) is 13.4 Å². The van der Waals surface area contributed by atoms with Gasteiger partial charge in [0, 0.05) is 60.9 Å². The molecule has 0 spiro atoms. The number of aromatic amines is 1. The SMILES string of the molecule is CCCCc1ccc(NS(=O)(=O)c2cccc(C(=O)N3CCN(c4ccnc5[nH]ccc45)CC3)c2)cc1. The number of anilines is 2. The summed E-state index contributed by atoms with van der Waals surface area (Å²) >= 11 is 0. The van der Waals surface area contributed by atoms with E-state index in [1.54, 1.807) is 35.4 Å². The number of nitrogens with one attached hydrogen (secondary N) is 2. The summed E-state index contributed by atoms with van der Waals surface area (Å²) in [7, 11) is -3.83. The Labute approximate surface area is 217 Å². The molecule has 0 radical (unpaired) electrons. The molecule has 2 aromatic carbocycles. The molecule has 8 nitrogen and oxygen atoms in total. The van der Waals surface area contributed by atoms with Crippen LogP contribution in [0.1, 0.15) is 35.7 Å². The average molecular weight is 518 g/mol. The van der Waals surface area contributed by atoms with E-state index in [1.807, 2.05) is 30.5 Å². The first-order valence-corrected chi connectivity index (χ1v) is 14.1. The molecule has 5 rings (SSSR count).